The summed E-state index contributed by atoms with van der Waals surface area (Å²) in [4.78, 5) is 30.6. The molecular weight excluding hydrogens is 388 g/mol. The number of hydrogen-bond donors (Lipinski definition) is 2. The SMILES string of the molecule is O=C(C[NH+]1CCN(C(=O)c2ccccc2)CC1)Nc1ccc(N2CCCCCC2)cc1. The van der Waals surface area contributed by atoms with Crippen LogP contribution in [0.5, 0.6) is 0 Å². The van der Waals surface area contributed by atoms with Crippen LogP contribution >= 0.6 is 0 Å². The number of quaternary nitrogens is 1. The van der Waals surface area contributed by atoms with Crippen molar-refractivity contribution in [1.29, 1.82) is 0 Å². The van der Waals surface area contributed by atoms with Gasteiger partial charge in [0, 0.05) is 30.0 Å². The average Bonchev–Trinajstić information content (AvgIpc) is 3.10. The molecule has 0 spiro atoms. The van der Waals surface area contributed by atoms with Gasteiger partial charge >= 0.3 is 0 Å². The van der Waals surface area contributed by atoms with Crippen LogP contribution in [0.3, 0.4) is 0 Å². The minimum absolute atomic E-state index is 0.0281. The molecule has 2 amide bonds. The molecule has 2 aliphatic heterocycles. The molecule has 2 aromatic carbocycles. The standard InChI is InChI=1S/C25H32N4O2/c30-24(26-22-10-12-23(13-11-22)28-14-6-1-2-7-15-28)20-27-16-18-29(19-17-27)25(31)21-8-4-3-5-9-21/h3-5,8-13H,1-2,6-7,14-20H2,(H,26,30)/p+1. The highest BCUT2D eigenvalue weighted by atomic mass is 16.2. The summed E-state index contributed by atoms with van der Waals surface area (Å²) >= 11 is 0. The Bertz CT molecular complexity index is 853. The zero-order valence-corrected chi connectivity index (χ0v) is 18.2. The molecule has 2 heterocycles. The number of nitrogens with zero attached hydrogens (tertiary/aromatic N) is 2. The number of nitrogens with one attached hydrogen (secondary N) is 2. The lowest BCUT2D eigenvalue weighted by Gasteiger charge is -2.32. The van der Waals surface area contributed by atoms with Crippen LogP contribution in [0.1, 0.15) is 36.0 Å². The minimum Gasteiger partial charge on any atom is -0.372 e. The number of rotatable bonds is 5. The Morgan fingerprint density at radius 3 is 2.10 bits per heavy atom. The first-order valence-corrected chi connectivity index (χ1v) is 11.5. The van der Waals surface area contributed by atoms with E-state index in [1.54, 1.807) is 0 Å². The van der Waals surface area contributed by atoms with E-state index in [-0.39, 0.29) is 11.8 Å². The molecule has 0 radical (unpaired) electrons. The third-order valence-electron chi connectivity index (χ3n) is 6.31. The van der Waals surface area contributed by atoms with Crippen molar-refractivity contribution in [3.63, 3.8) is 0 Å². The van der Waals surface area contributed by atoms with Gasteiger partial charge in [0.1, 0.15) is 0 Å². The Morgan fingerprint density at radius 2 is 1.45 bits per heavy atom. The number of anilines is 2. The van der Waals surface area contributed by atoms with Crippen molar-refractivity contribution in [3.8, 4) is 0 Å². The number of carbonyl (C=O) groups excluding carboxylic acids is 2. The van der Waals surface area contributed by atoms with Gasteiger partial charge in [0.05, 0.1) is 26.2 Å². The van der Waals surface area contributed by atoms with Crippen molar-refractivity contribution in [2.75, 3.05) is 56.0 Å². The highest BCUT2D eigenvalue weighted by molar-refractivity contribution is 5.94. The first-order valence-electron chi connectivity index (χ1n) is 11.5. The number of carbonyl (C=O) groups is 2. The number of benzene rings is 2. The predicted molar refractivity (Wildman–Crippen MR) is 124 cm³/mol. The lowest BCUT2D eigenvalue weighted by Crippen LogP contribution is -3.15. The molecule has 0 saturated carbocycles. The Balaban J connectivity index is 1.23. The van der Waals surface area contributed by atoms with Crippen molar-refractivity contribution >= 4 is 23.2 Å². The van der Waals surface area contributed by atoms with Crippen LogP contribution in [0.15, 0.2) is 54.6 Å². The second kappa shape index (κ2) is 10.4. The van der Waals surface area contributed by atoms with E-state index >= 15 is 0 Å². The fourth-order valence-electron chi connectivity index (χ4n) is 4.48. The van der Waals surface area contributed by atoms with Crippen LogP contribution in [-0.4, -0.2) is 62.5 Å². The summed E-state index contributed by atoms with van der Waals surface area (Å²) in [5.74, 6) is 0.106. The Morgan fingerprint density at radius 1 is 0.806 bits per heavy atom. The van der Waals surface area contributed by atoms with Crippen LogP contribution in [0.2, 0.25) is 0 Å². The smallest absolute Gasteiger partial charge is 0.279 e. The van der Waals surface area contributed by atoms with Gasteiger partial charge in [-0.15, -0.1) is 0 Å². The first-order chi connectivity index (χ1) is 15.2. The van der Waals surface area contributed by atoms with Gasteiger partial charge in [-0.3, -0.25) is 9.59 Å². The van der Waals surface area contributed by atoms with Crippen molar-refractivity contribution in [2.24, 2.45) is 0 Å². The van der Waals surface area contributed by atoms with E-state index < -0.39 is 0 Å². The van der Waals surface area contributed by atoms with Crippen LogP contribution < -0.4 is 15.1 Å². The van der Waals surface area contributed by atoms with Crippen molar-refractivity contribution in [1.82, 2.24) is 4.90 Å². The van der Waals surface area contributed by atoms with Crippen LogP contribution in [0.4, 0.5) is 11.4 Å². The minimum atomic E-state index is 0.0281. The van der Waals surface area contributed by atoms with Crippen molar-refractivity contribution in [2.45, 2.75) is 25.7 Å². The fourth-order valence-corrected chi connectivity index (χ4v) is 4.48. The van der Waals surface area contributed by atoms with E-state index in [1.807, 2.05) is 47.4 Å². The van der Waals surface area contributed by atoms with E-state index in [0.717, 1.165) is 37.4 Å². The molecule has 0 unspecified atom stereocenters. The van der Waals surface area contributed by atoms with Crippen molar-refractivity contribution < 1.29 is 14.5 Å². The number of hydrogen-bond acceptors (Lipinski definition) is 3. The largest absolute Gasteiger partial charge is 0.372 e. The summed E-state index contributed by atoms with van der Waals surface area (Å²) in [6.45, 7) is 5.62. The van der Waals surface area contributed by atoms with E-state index in [1.165, 1.54) is 36.3 Å². The highest BCUT2D eigenvalue weighted by Crippen LogP contribution is 2.21. The molecular formula is C25H33N4O2+. The number of piperazine rings is 1. The van der Waals surface area contributed by atoms with Gasteiger partial charge in [0.15, 0.2) is 6.54 Å². The molecule has 0 aliphatic carbocycles. The molecule has 2 N–H and O–H groups in total. The summed E-state index contributed by atoms with van der Waals surface area (Å²) in [6.07, 6.45) is 5.15. The zero-order valence-electron chi connectivity index (χ0n) is 18.2. The molecule has 6 nitrogen and oxygen atoms in total. The molecule has 2 aromatic rings. The van der Waals surface area contributed by atoms with E-state index in [9.17, 15) is 9.59 Å². The third kappa shape index (κ3) is 5.85. The molecule has 164 valence electrons. The molecule has 0 atom stereocenters. The van der Waals surface area contributed by atoms with E-state index in [0.29, 0.717) is 19.6 Å². The van der Waals surface area contributed by atoms with Gasteiger partial charge in [-0.05, 0) is 49.2 Å². The molecule has 2 aliphatic rings. The molecule has 2 saturated heterocycles. The fraction of sp³-hybridized carbons (Fsp3) is 0.440. The van der Waals surface area contributed by atoms with Crippen LogP contribution in [0, 0.1) is 0 Å². The summed E-state index contributed by atoms with van der Waals surface area (Å²) in [5, 5.41) is 3.03. The van der Waals surface area contributed by atoms with Gasteiger partial charge in [-0.2, -0.15) is 0 Å². The van der Waals surface area contributed by atoms with Crippen LogP contribution in [0.25, 0.3) is 0 Å². The highest BCUT2D eigenvalue weighted by Gasteiger charge is 2.25. The topological polar surface area (TPSA) is 57.1 Å². The van der Waals surface area contributed by atoms with E-state index in [4.69, 9.17) is 0 Å². The lowest BCUT2D eigenvalue weighted by atomic mass is 10.2. The Labute approximate surface area is 184 Å². The quantitative estimate of drug-likeness (QED) is 0.777. The zero-order chi connectivity index (χ0) is 21.5. The Kier molecular flexibility index (Phi) is 7.20. The third-order valence-corrected chi connectivity index (χ3v) is 6.31. The lowest BCUT2D eigenvalue weighted by molar-refractivity contribution is -0.895. The first kappa shape index (κ1) is 21.4. The summed E-state index contributed by atoms with van der Waals surface area (Å²) in [7, 11) is 0. The molecule has 0 aromatic heterocycles. The summed E-state index contributed by atoms with van der Waals surface area (Å²) in [6, 6.07) is 17.6. The molecule has 2 fully saturated rings. The normalized spacial score (nSPS) is 17.8. The Hall–Kier alpha value is -2.86. The predicted octanol–water partition coefficient (Wildman–Crippen LogP) is 2.05. The summed E-state index contributed by atoms with van der Waals surface area (Å²) in [5.41, 5.74) is 2.82. The second-order valence-corrected chi connectivity index (χ2v) is 8.58. The number of amides is 2. The van der Waals surface area contributed by atoms with Gasteiger partial charge in [-0.25, -0.2) is 0 Å². The molecule has 6 heteroatoms. The van der Waals surface area contributed by atoms with E-state index in [2.05, 4.69) is 22.3 Å². The second-order valence-electron chi connectivity index (χ2n) is 8.58. The van der Waals surface area contributed by atoms with Crippen LogP contribution in [-0.2, 0) is 4.79 Å². The molecule has 31 heavy (non-hydrogen) atoms. The molecule has 0 bridgehead atoms. The maximum atomic E-state index is 12.6. The average molecular weight is 422 g/mol. The van der Waals surface area contributed by atoms with Gasteiger partial charge in [0.25, 0.3) is 11.8 Å². The van der Waals surface area contributed by atoms with Gasteiger partial charge in [0.2, 0.25) is 0 Å². The van der Waals surface area contributed by atoms with Crippen molar-refractivity contribution in [3.05, 3.63) is 60.2 Å². The van der Waals surface area contributed by atoms with Gasteiger partial charge < -0.3 is 20.0 Å². The maximum absolute atomic E-state index is 12.6. The summed E-state index contributed by atoms with van der Waals surface area (Å²) < 4.78 is 0. The maximum Gasteiger partial charge on any atom is 0.279 e. The van der Waals surface area contributed by atoms with Gasteiger partial charge in [-0.1, -0.05) is 31.0 Å². The molecule has 4 rings (SSSR count). The monoisotopic (exact) mass is 421 g/mol.